The van der Waals surface area contributed by atoms with Crippen LogP contribution in [-0.2, 0) is 4.79 Å². The van der Waals surface area contributed by atoms with E-state index in [0.29, 0.717) is 12.0 Å². The molecule has 1 heterocycles. The molecule has 4 nitrogen and oxygen atoms in total. The number of benzene rings is 3. The molecular formula is C27H21N3O. The molecule has 3 aromatic carbocycles. The maximum absolute atomic E-state index is 12.9. The lowest BCUT2D eigenvalue weighted by Gasteiger charge is -2.18. The van der Waals surface area contributed by atoms with Gasteiger partial charge in [-0.25, -0.2) is 0 Å². The Balaban J connectivity index is 1.50. The van der Waals surface area contributed by atoms with Gasteiger partial charge in [-0.1, -0.05) is 72.8 Å². The maximum atomic E-state index is 12.9. The van der Waals surface area contributed by atoms with Crippen LogP contribution in [0.1, 0.15) is 29.0 Å². The van der Waals surface area contributed by atoms with Crippen molar-refractivity contribution >= 4 is 11.6 Å². The van der Waals surface area contributed by atoms with Gasteiger partial charge >= 0.3 is 0 Å². The van der Waals surface area contributed by atoms with Gasteiger partial charge in [-0.05, 0) is 34.9 Å². The summed E-state index contributed by atoms with van der Waals surface area (Å²) in [7, 11) is 0. The predicted octanol–water partition coefficient (Wildman–Crippen LogP) is 5.78. The second-order valence-electron chi connectivity index (χ2n) is 7.24. The fraction of sp³-hybridized carbons (Fsp3) is 0.0741. The first-order valence-corrected chi connectivity index (χ1v) is 10.1. The van der Waals surface area contributed by atoms with Crippen LogP contribution in [0.5, 0.6) is 0 Å². The van der Waals surface area contributed by atoms with Gasteiger partial charge in [0.2, 0.25) is 5.91 Å². The van der Waals surface area contributed by atoms with Crippen molar-refractivity contribution in [3.05, 3.63) is 120 Å². The van der Waals surface area contributed by atoms with Gasteiger partial charge in [0.15, 0.2) is 0 Å². The molecule has 1 N–H and O–H groups in total. The van der Waals surface area contributed by atoms with Crippen molar-refractivity contribution in [1.29, 1.82) is 5.26 Å². The van der Waals surface area contributed by atoms with E-state index in [-0.39, 0.29) is 11.8 Å². The first kappa shape index (κ1) is 20.1. The molecule has 150 valence electrons. The summed E-state index contributed by atoms with van der Waals surface area (Å²) in [5.74, 6) is -0.0660. The Kier molecular flexibility index (Phi) is 6.16. The molecule has 0 fully saturated rings. The van der Waals surface area contributed by atoms with Gasteiger partial charge < -0.3 is 5.32 Å². The van der Waals surface area contributed by atoms with Gasteiger partial charge in [0.05, 0.1) is 5.56 Å². The summed E-state index contributed by atoms with van der Waals surface area (Å²) in [4.78, 5) is 16.9. The zero-order valence-electron chi connectivity index (χ0n) is 16.9. The molecule has 4 aromatic rings. The van der Waals surface area contributed by atoms with Crippen LogP contribution in [0.2, 0.25) is 0 Å². The standard InChI is InChI=1S/C27H21N3O/c28-18-23-19-29-16-15-25(23)22-11-13-24(14-12-22)30-27(31)17-26(20-7-3-1-4-8-20)21-9-5-2-6-10-21/h1-16,19,26H,17H2,(H,30,31). The second-order valence-corrected chi connectivity index (χ2v) is 7.24. The molecule has 0 aliphatic rings. The number of hydrogen-bond acceptors (Lipinski definition) is 3. The van der Waals surface area contributed by atoms with E-state index in [2.05, 4.69) is 40.6 Å². The van der Waals surface area contributed by atoms with Crippen LogP contribution in [0, 0.1) is 11.3 Å². The molecule has 1 amide bonds. The molecule has 0 bridgehead atoms. The Bertz CT molecular complexity index is 1160. The molecule has 0 saturated heterocycles. The minimum absolute atomic E-state index is 0.0170. The number of nitriles is 1. The number of carbonyl (C=O) groups is 1. The molecular weight excluding hydrogens is 382 g/mol. The topological polar surface area (TPSA) is 65.8 Å². The average molecular weight is 403 g/mol. The number of rotatable bonds is 6. The van der Waals surface area contributed by atoms with Gasteiger partial charge in [-0.3, -0.25) is 9.78 Å². The molecule has 0 spiro atoms. The third-order valence-corrected chi connectivity index (χ3v) is 5.21. The Hall–Kier alpha value is -4.23. The van der Waals surface area contributed by atoms with E-state index in [1.165, 1.54) is 0 Å². The molecule has 31 heavy (non-hydrogen) atoms. The van der Waals surface area contributed by atoms with Crippen molar-refractivity contribution in [3.63, 3.8) is 0 Å². The number of pyridine rings is 1. The van der Waals surface area contributed by atoms with Crippen LogP contribution in [0.3, 0.4) is 0 Å². The number of nitrogens with zero attached hydrogens (tertiary/aromatic N) is 2. The van der Waals surface area contributed by atoms with Crippen molar-refractivity contribution < 1.29 is 4.79 Å². The highest BCUT2D eigenvalue weighted by molar-refractivity contribution is 5.92. The van der Waals surface area contributed by atoms with Gasteiger partial charge in [-0.15, -0.1) is 0 Å². The fourth-order valence-electron chi connectivity index (χ4n) is 3.66. The SMILES string of the molecule is N#Cc1cnccc1-c1ccc(NC(=O)CC(c2ccccc2)c2ccccc2)cc1. The van der Waals surface area contributed by atoms with Crippen LogP contribution in [0.4, 0.5) is 5.69 Å². The summed E-state index contributed by atoms with van der Waals surface area (Å²) in [5.41, 5.74) is 5.20. The minimum atomic E-state index is -0.0490. The number of amides is 1. The highest BCUT2D eigenvalue weighted by Gasteiger charge is 2.18. The van der Waals surface area contributed by atoms with Crippen LogP contribution in [0.15, 0.2) is 103 Å². The van der Waals surface area contributed by atoms with Crippen molar-refractivity contribution in [2.24, 2.45) is 0 Å². The number of aromatic nitrogens is 1. The summed E-state index contributed by atoms with van der Waals surface area (Å²) in [6.45, 7) is 0. The molecule has 4 heteroatoms. The fourth-order valence-corrected chi connectivity index (χ4v) is 3.66. The van der Waals surface area contributed by atoms with Gasteiger partial charge in [-0.2, -0.15) is 5.26 Å². The summed E-state index contributed by atoms with van der Waals surface area (Å²) < 4.78 is 0. The van der Waals surface area contributed by atoms with Crippen molar-refractivity contribution in [3.8, 4) is 17.2 Å². The van der Waals surface area contributed by atoms with E-state index in [4.69, 9.17) is 0 Å². The van der Waals surface area contributed by atoms with E-state index in [0.717, 1.165) is 27.9 Å². The van der Waals surface area contributed by atoms with E-state index in [1.54, 1.807) is 12.4 Å². The lowest BCUT2D eigenvalue weighted by atomic mass is 9.88. The molecule has 0 aliphatic heterocycles. The lowest BCUT2D eigenvalue weighted by Crippen LogP contribution is -2.16. The van der Waals surface area contributed by atoms with E-state index < -0.39 is 0 Å². The zero-order valence-corrected chi connectivity index (χ0v) is 16.9. The normalized spacial score (nSPS) is 10.5. The highest BCUT2D eigenvalue weighted by Crippen LogP contribution is 2.29. The highest BCUT2D eigenvalue weighted by atomic mass is 16.1. The molecule has 0 saturated carbocycles. The second kappa shape index (κ2) is 9.51. The maximum Gasteiger partial charge on any atom is 0.225 e. The van der Waals surface area contributed by atoms with Crippen LogP contribution in [-0.4, -0.2) is 10.9 Å². The third kappa shape index (κ3) is 4.85. The first-order valence-electron chi connectivity index (χ1n) is 10.1. The molecule has 0 radical (unpaired) electrons. The number of hydrogen-bond donors (Lipinski definition) is 1. The molecule has 0 unspecified atom stereocenters. The third-order valence-electron chi connectivity index (χ3n) is 5.21. The van der Waals surface area contributed by atoms with Gasteiger partial charge in [0.1, 0.15) is 6.07 Å². The number of nitrogens with one attached hydrogen (secondary N) is 1. The molecule has 0 atom stereocenters. The Labute approximate surface area is 181 Å². The number of anilines is 1. The number of carbonyl (C=O) groups excluding carboxylic acids is 1. The largest absolute Gasteiger partial charge is 0.326 e. The summed E-state index contributed by atoms with van der Waals surface area (Å²) >= 11 is 0. The van der Waals surface area contributed by atoms with E-state index in [9.17, 15) is 10.1 Å². The quantitative estimate of drug-likeness (QED) is 0.444. The van der Waals surface area contributed by atoms with Gasteiger partial charge in [0, 0.05) is 36.0 Å². The zero-order chi connectivity index (χ0) is 21.5. The Morgan fingerprint density at radius 3 is 2.06 bits per heavy atom. The summed E-state index contributed by atoms with van der Waals surface area (Å²) in [5, 5.41) is 12.3. The Morgan fingerprint density at radius 2 is 1.48 bits per heavy atom. The van der Waals surface area contributed by atoms with Crippen LogP contribution >= 0.6 is 0 Å². The van der Waals surface area contributed by atoms with Crippen molar-refractivity contribution in [2.45, 2.75) is 12.3 Å². The van der Waals surface area contributed by atoms with Crippen LogP contribution < -0.4 is 5.32 Å². The lowest BCUT2D eigenvalue weighted by molar-refractivity contribution is -0.116. The minimum Gasteiger partial charge on any atom is -0.326 e. The molecule has 4 rings (SSSR count). The van der Waals surface area contributed by atoms with Gasteiger partial charge in [0.25, 0.3) is 0 Å². The first-order chi connectivity index (χ1) is 15.2. The smallest absolute Gasteiger partial charge is 0.225 e. The molecule has 1 aromatic heterocycles. The van der Waals surface area contributed by atoms with E-state index >= 15 is 0 Å². The monoisotopic (exact) mass is 403 g/mol. The summed E-state index contributed by atoms with van der Waals surface area (Å²) in [6.07, 6.45) is 3.57. The predicted molar refractivity (Wildman–Crippen MR) is 122 cm³/mol. The average Bonchev–Trinajstić information content (AvgIpc) is 2.84. The van der Waals surface area contributed by atoms with Crippen LogP contribution in [0.25, 0.3) is 11.1 Å². The summed E-state index contributed by atoms with van der Waals surface area (Å²) in [6, 6.07) is 31.7. The van der Waals surface area contributed by atoms with Crippen molar-refractivity contribution in [1.82, 2.24) is 4.98 Å². The van der Waals surface area contributed by atoms with E-state index in [1.807, 2.05) is 66.7 Å². The Morgan fingerprint density at radius 1 is 0.871 bits per heavy atom. The molecule has 0 aliphatic carbocycles. The van der Waals surface area contributed by atoms with Crippen molar-refractivity contribution in [2.75, 3.05) is 5.32 Å².